The van der Waals surface area contributed by atoms with Gasteiger partial charge in [0.25, 0.3) is 0 Å². The molecule has 0 aliphatic heterocycles. The van der Waals surface area contributed by atoms with Crippen LogP contribution in [0.15, 0.2) is 33.5 Å². The molecule has 0 unspecified atom stereocenters. The lowest BCUT2D eigenvalue weighted by Crippen LogP contribution is -2.13. The van der Waals surface area contributed by atoms with Crippen molar-refractivity contribution in [1.29, 1.82) is 0 Å². The third-order valence-electron chi connectivity index (χ3n) is 2.64. The molecular weight excluding hydrogens is 402 g/mol. The van der Waals surface area contributed by atoms with Gasteiger partial charge in [0.05, 0.1) is 27.9 Å². The predicted octanol–water partition coefficient (Wildman–Crippen LogP) is 3.91. The van der Waals surface area contributed by atoms with Crippen LogP contribution in [-0.4, -0.2) is 23.6 Å². The van der Waals surface area contributed by atoms with Gasteiger partial charge in [-0.1, -0.05) is 6.92 Å². The molecule has 5 nitrogen and oxygen atoms in total. The number of rotatable bonds is 6. The van der Waals surface area contributed by atoms with E-state index in [2.05, 4.69) is 47.1 Å². The minimum atomic E-state index is 0.447. The van der Waals surface area contributed by atoms with Crippen molar-refractivity contribution in [3.05, 3.63) is 39.2 Å². The normalized spacial score (nSPS) is 10.5. The van der Waals surface area contributed by atoms with Crippen LogP contribution < -0.4 is 14.8 Å². The van der Waals surface area contributed by atoms with Crippen LogP contribution in [0.5, 0.6) is 17.4 Å². The largest absolute Gasteiger partial charge is 0.496 e. The summed E-state index contributed by atoms with van der Waals surface area (Å²) in [6, 6.07) is 3.65. The van der Waals surface area contributed by atoms with Crippen molar-refractivity contribution in [2.45, 2.75) is 13.5 Å². The Labute approximate surface area is 140 Å². The molecule has 1 heterocycles. The van der Waals surface area contributed by atoms with Crippen molar-refractivity contribution >= 4 is 31.9 Å². The fourth-order valence-electron chi connectivity index (χ4n) is 1.63. The second kappa shape index (κ2) is 7.72. The van der Waals surface area contributed by atoms with E-state index in [0.29, 0.717) is 18.2 Å². The topological polar surface area (TPSA) is 56.3 Å². The summed E-state index contributed by atoms with van der Waals surface area (Å²) in [6.45, 7) is 3.58. The first kappa shape index (κ1) is 16.2. The molecule has 0 aliphatic rings. The van der Waals surface area contributed by atoms with Crippen LogP contribution in [0.3, 0.4) is 0 Å². The molecule has 0 fully saturated rings. The van der Waals surface area contributed by atoms with Gasteiger partial charge in [-0.2, -0.15) is 0 Å². The summed E-state index contributed by atoms with van der Waals surface area (Å²) < 4.78 is 12.6. The average Bonchev–Trinajstić information content (AvgIpc) is 2.49. The van der Waals surface area contributed by atoms with Crippen LogP contribution in [0.4, 0.5) is 0 Å². The average molecular weight is 417 g/mol. The van der Waals surface area contributed by atoms with Crippen LogP contribution in [0.2, 0.25) is 0 Å². The molecule has 0 aliphatic carbocycles. The standard InChI is InChI=1S/C14H15Br2N3O2/c1-3-17-6-9-7-18-8-14(19-9)21-13-5-10(15)12(20-2)4-11(13)16/h4-5,7-8,17H,3,6H2,1-2H3. The molecule has 0 saturated carbocycles. The SMILES string of the molecule is CCNCc1cncc(Oc2cc(Br)c(OC)cc2Br)n1. The fraction of sp³-hybridized carbons (Fsp3) is 0.286. The van der Waals surface area contributed by atoms with Crippen molar-refractivity contribution in [2.75, 3.05) is 13.7 Å². The summed E-state index contributed by atoms with van der Waals surface area (Å²) in [4.78, 5) is 8.54. The second-order valence-electron chi connectivity index (χ2n) is 4.15. The maximum Gasteiger partial charge on any atom is 0.238 e. The molecule has 2 rings (SSSR count). The highest BCUT2D eigenvalue weighted by molar-refractivity contribution is 9.11. The van der Waals surface area contributed by atoms with Gasteiger partial charge >= 0.3 is 0 Å². The van der Waals surface area contributed by atoms with E-state index in [1.54, 1.807) is 19.5 Å². The van der Waals surface area contributed by atoms with Gasteiger partial charge in [-0.25, -0.2) is 4.98 Å². The Morgan fingerprint density at radius 1 is 1.14 bits per heavy atom. The number of aromatic nitrogens is 2. The smallest absolute Gasteiger partial charge is 0.238 e. The summed E-state index contributed by atoms with van der Waals surface area (Å²) in [5.41, 5.74) is 0.832. The van der Waals surface area contributed by atoms with Gasteiger partial charge in [0.1, 0.15) is 11.5 Å². The lowest BCUT2D eigenvalue weighted by atomic mass is 10.3. The number of halogens is 2. The van der Waals surface area contributed by atoms with Gasteiger partial charge in [-0.05, 0) is 50.5 Å². The third kappa shape index (κ3) is 4.39. The number of hydrogen-bond acceptors (Lipinski definition) is 5. The van der Waals surface area contributed by atoms with Crippen molar-refractivity contribution < 1.29 is 9.47 Å². The van der Waals surface area contributed by atoms with Gasteiger partial charge in [-0.3, -0.25) is 4.98 Å². The first-order chi connectivity index (χ1) is 10.1. The number of nitrogens with zero attached hydrogens (tertiary/aromatic N) is 2. The molecule has 21 heavy (non-hydrogen) atoms. The summed E-state index contributed by atoms with van der Waals surface area (Å²) in [5.74, 6) is 1.81. The minimum absolute atomic E-state index is 0.447. The molecule has 0 bridgehead atoms. The molecular formula is C14H15Br2N3O2. The maximum atomic E-state index is 5.78. The van der Waals surface area contributed by atoms with E-state index in [-0.39, 0.29) is 0 Å². The molecule has 7 heteroatoms. The molecule has 0 atom stereocenters. The lowest BCUT2D eigenvalue weighted by Gasteiger charge is -2.10. The molecule has 1 aromatic carbocycles. The van der Waals surface area contributed by atoms with Crippen molar-refractivity contribution in [2.24, 2.45) is 0 Å². The van der Waals surface area contributed by atoms with E-state index in [9.17, 15) is 0 Å². The minimum Gasteiger partial charge on any atom is -0.496 e. The highest BCUT2D eigenvalue weighted by atomic mass is 79.9. The Morgan fingerprint density at radius 2 is 1.86 bits per heavy atom. The monoisotopic (exact) mass is 415 g/mol. The maximum absolute atomic E-state index is 5.78. The number of hydrogen-bond donors (Lipinski definition) is 1. The van der Waals surface area contributed by atoms with Crippen LogP contribution in [0, 0.1) is 0 Å². The Bertz CT molecular complexity index is 623. The predicted molar refractivity (Wildman–Crippen MR) is 87.9 cm³/mol. The van der Waals surface area contributed by atoms with Crippen LogP contribution in [0.1, 0.15) is 12.6 Å². The Morgan fingerprint density at radius 3 is 2.57 bits per heavy atom. The van der Waals surface area contributed by atoms with E-state index in [0.717, 1.165) is 26.9 Å². The molecule has 0 spiro atoms. The zero-order chi connectivity index (χ0) is 15.2. The first-order valence-electron chi connectivity index (χ1n) is 6.36. The lowest BCUT2D eigenvalue weighted by molar-refractivity contribution is 0.408. The quantitative estimate of drug-likeness (QED) is 0.773. The molecule has 2 aromatic rings. The third-order valence-corrected chi connectivity index (χ3v) is 3.88. The summed E-state index contributed by atoms with van der Waals surface area (Å²) in [7, 11) is 1.61. The highest BCUT2D eigenvalue weighted by Gasteiger charge is 2.10. The summed E-state index contributed by atoms with van der Waals surface area (Å²) in [6.07, 6.45) is 3.30. The molecule has 0 amide bonds. The number of methoxy groups -OCH3 is 1. The number of benzene rings is 1. The van der Waals surface area contributed by atoms with Gasteiger partial charge in [-0.15, -0.1) is 0 Å². The van der Waals surface area contributed by atoms with E-state index >= 15 is 0 Å². The second-order valence-corrected chi connectivity index (χ2v) is 5.86. The van der Waals surface area contributed by atoms with Crippen molar-refractivity contribution in [1.82, 2.24) is 15.3 Å². The van der Waals surface area contributed by atoms with Crippen molar-refractivity contribution in [3.63, 3.8) is 0 Å². The summed E-state index contributed by atoms with van der Waals surface area (Å²) >= 11 is 6.89. The highest BCUT2D eigenvalue weighted by Crippen LogP contribution is 2.37. The fourth-order valence-corrected chi connectivity index (χ4v) is 2.52. The van der Waals surface area contributed by atoms with Crippen LogP contribution >= 0.6 is 31.9 Å². The zero-order valence-electron chi connectivity index (χ0n) is 11.7. The molecule has 0 saturated heterocycles. The van der Waals surface area contributed by atoms with Gasteiger partial charge < -0.3 is 14.8 Å². The zero-order valence-corrected chi connectivity index (χ0v) is 14.9. The van der Waals surface area contributed by atoms with E-state index < -0.39 is 0 Å². The van der Waals surface area contributed by atoms with E-state index in [1.165, 1.54) is 0 Å². The van der Waals surface area contributed by atoms with Crippen LogP contribution in [0.25, 0.3) is 0 Å². The number of ether oxygens (including phenoxy) is 2. The molecule has 1 N–H and O–H groups in total. The van der Waals surface area contributed by atoms with Gasteiger partial charge in [0.2, 0.25) is 5.88 Å². The first-order valence-corrected chi connectivity index (χ1v) is 7.95. The summed E-state index contributed by atoms with van der Waals surface area (Å²) in [5, 5.41) is 3.20. The van der Waals surface area contributed by atoms with Gasteiger partial charge in [0, 0.05) is 12.7 Å². The molecule has 0 radical (unpaired) electrons. The molecule has 1 aromatic heterocycles. The number of nitrogens with one attached hydrogen (secondary N) is 1. The van der Waals surface area contributed by atoms with Crippen LogP contribution in [-0.2, 0) is 6.54 Å². The van der Waals surface area contributed by atoms with E-state index in [1.807, 2.05) is 19.1 Å². The molecule has 112 valence electrons. The van der Waals surface area contributed by atoms with Gasteiger partial charge in [0.15, 0.2) is 0 Å². The van der Waals surface area contributed by atoms with Crippen molar-refractivity contribution in [3.8, 4) is 17.4 Å². The Balaban J connectivity index is 2.20. The Kier molecular flexibility index (Phi) is 5.96. The van der Waals surface area contributed by atoms with E-state index in [4.69, 9.17) is 9.47 Å². The Hall–Kier alpha value is -1.18.